The van der Waals surface area contributed by atoms with Gasteiger partial charge in [-0.1, -0.05) is 12.1 Å². The Morgan fingerprint density at radius 2 is 1.87 bits per heavy atom. The van der Waals surface area contributed by atoms with Crippen molar-refractivity contribution in [2.24, 2.45) is 0 Å². The summed E-state index contributed by atoms with van der Waals surface area (Å²) in [6, 6.07) is 10.3. The van der Waals surface area contributed by atoms with Crippen molar-refractivity contribution < 1.29 is 22.4 Å². The number of nitrogens with one attached hydrogen (secondary N) is 1. The highest BCUT2D eigenvalue weighted by Crippen LogP contribution is 2.34. The fourth-order valence-electron chi connectivity index (χ4n) is 3.57. The summed E-state index contributed by atoms with van der Waals surface area (Å²) in [5.41, 5.74) is 2.21. The molecule has 7 nitrogen and oxygen atoms in total. The Labute approximate surface area is 175 Å². The molecule has 1 heterocycles. The lowest BCUT2D eigenvalue weighted by Gasteiger charge is -2.21. The number of hydrogen-bond acceptors (Lipinski definition) is 4. The molecule has 2 aromatic rings. The van der Waals surface area contributed by atoms with Crippen LogP contribution in [-0.4, -0.2) is 44.2 Å². The quantitative estimate of drug-likeness (QED) is 0.756. The summed E-state index contributed by atoms with van der Waals surface area (Å²) in [6.45, 7) is 3.21. The van der Waals surface area contributed by atoms with E-state index < -0.39 is 15.9 Å². The monoisotopic (exact) mass is 433 g/mol. The Kier molecular flexibility index (Phi) is 6.23. The summed E-state index contributed by atoms with van der Waals surface area (Å²) < 4.78 is 39.7. The predicted molar refractivity (Wildman–Crippen MR) is 111 cm³/mol. The lowest BCUT2D eigenvalue weighted by Crippen LogP contribution is -2.38. The highest BCUT2D eigenvalue weighted by Gasteiger charge is 2.31. The molecule has 1 aliphatic rings. The average molecular weight is 434 g/mol. The standard InChI is InChI=1S/C21H24FN3O4S/c1-14-10-17-11-19(8-9-20(17)25(14)15(2)26)30(28,29)24(3)13-21(27)23-12-16-4-6-18(22)7-5-16/h4-9,11,14H,10,12-13H2,1-3H3,(H,23,27). The van der Waals surface area contributed by atoms with Crippen molar-refractivity contribution in [2.45, 2.75) is 37.8 Å². The Morgan fingerprint density at radius 1 is 1.20 bits per heavy atom. The molecule has 0 spiro atoms. The van der Waals surface area contributed by atoms with E-state index in [-0.39, 0.29) is 35.8 Å². The molecule has 2 amide bonds. The lowest BCUT2D eigenvalue weighted by molar-refractivity contribution is -0.121. The van der Waals surface area contributed by atoms with Crippen molar-refractivity contribution in [3.05, 3.63) is 59.4 Å². The Morgan fingerprint density at radius 3 is 2.50 bits per heavy atom. The second kappa shape index (κ2) is 8.53. The number of rotatable bonds is 6. The van der Waals surface area contributed by atoms with Gasteiger partial charge < -0.3 is 10.2 Å². The molecule has 1 atom stereocenters. The fraction of sp³-hybridized carbons (Fsp3) is 0.333. The highest BCUT2D eigenvalue weighted by atomic mass is 32.2. The van der Waals surface area contributed by atoms with Gasteiger partial charge in [-0.05, 0) is 54.8 Å². The second-order valence-corrected chi connectivity index (χ2v) is 9.44. The van der Waals surface area contributed by atoms with Gasteiger partial charge >= 0.3 is 0 Å². The van der Waals surface area contributed by atoms with E-state index in [9.17, 15) is 22.4 Å². The molecule has 1 aliphatic heterocycles. The number of carbonyl (C=O) groups excluding carboxylic acids is 2. The van der Waals surface area contributed by atoms with Crippen LogP contribution in [0.1, 0.15) is 25.0 Å². The molecule has 0 aromatic heterocycles. The van der Waals surface area contributed by atoms with Gasteiger partial charge in [0, 0.05) is 32.2 Å². The zero-order valence-corrected chi connectivity index (χ0v) is 17.9. The third kappa shape index (κ3) is 4.52. The minimum atomic E-state index is -3.88. The maximum Gasteiger partial charge on any atom is 0.243 e. The van der Waals surface area contributed by atoms with Gasteiger partial charge in [0.05, 0.1) is 11.4 Å². The minimum absolute atomic E-state index is 0.0366. The molecule has 30 heavy (non-hydrogen) atoms. The molecule has 9 heteroatoms. The van der Waals surface area contributed by atoms with Gasteiger partial charge in [-0.25, -0.2) is 12.8 Å². The van der Waals surface area contributed by atoms with Crippen LogP contribution in [0.3, 0.4) is 0 Å². The van der Waals surface area contributed by atoms with Gasteiger partial charge in [0.2, 0.25) is 21.8 Å². The molecular weight excluding hydrogens is 409 g/mol. The van der Waals surface area contributed by atoms with E-state index in [0.717, 1.165) is 9.87 Å². The van der Waals surface area contributed by atoms with Crippen LogP contribution >= 0.6 is 0 Å². The van der Waals surface area contributed by atoms with Crippen molar-refractivity contribution in [1.82, 2.24) is 9.62 Å². The van der Waals surface area contributed by atoms with Crippen molar-refractivity contribution in [3.8, 4) is 0 Å². The highest BCUT2D eigenvalue weighted by molar-refractivity contribution is 7.89. The van der Waals surface area contributed by atoms with Gasteiger partial charge in [-0.2, -0.15) is 4.31 Å². The normalized spacial score (nSPS) is 15.9. The number of carbonyl (C=O) groups is 2. The van der Waals surface area contributed by atoms with Crippen molar-refractivity contribution in [3.63, 3.8) is 0 Å². The maximum atomic E-state index is 12.9. The van der Waals surface area contributed by atoms with Crippen LogP contribution in [0.25, 0.3) is 0 Å². The Bertz CT molecular complexity index is 1070. The summed E-state index contributed by atoms with van der Waals surface area (Å²) >= 11 is 0. The molecule has 1 unspecified atom stereocenters. The lowest BCUT2D eigenvalue weighted by atomic mass is 10.1. The van der Waals surface area contributed by atoms with E-state index in [1.807, 2.05) is 6.92 Å². The van der Waals surface area contributed by atoms with Crippen LogP contribution in [0.15, 0.2) is 47.4 Å². The van der Waals surface area contributed by atoms with Crippen LogP contribution < -0.4 is 10.2 Å². The third-order valence-corrected chi connectivity index (χ3v) is 6.88. The summed E-state index contributed by atoms with van der Waals surface area (Å²) in [5, 5.41) is 2.63. The van der Waals surface area contributed by atoms with E-state index in [0.29, 0.717) is 17.7 Å². The zero-order valence-electron chi connectivity index (χ0n) is 17.1. The number of amides is 2. The fourth-order valence-corrected chi connectivity index (χ4v) is 4.75. The van der Waals surface area contributed by atoms with Crippen molar-refractivity contribution >= 4 is 27.5 Å². The van der Waals surface area contributed by atoms with E-state index in [4.69, 9.17) is 0 Å². The number of benzene rings is 2. The zero-order chi connectivity index (χ0) is 22.1. The number of fused-ring (bicyclic) bond motifs is 1. The van der Waals surface area contributed by atoms with E-state index in [1.54, 1.807) is 29.2 Å². The van der Waals surface area contributed by atoms with Crippen molar-refractivity contribution in [1.29, 1.82) is 0 Å². The first kappa shape index (κ1) is 21.9. The van der Waals surface area contributed by atoms with Crippen LogP contribution in [-0.2, 0) is 32.6 Å². The minimum Gasteiger partial charge on any atom is -0.351 e. The molecule has 0 radical (unpaired) electrons. The molecule has 0 fully saturated rings. The molecule has 0 aliphatic carbocycles. The third-order valence-electron chi connectivity index (χ3n) is 5.08. The van der Waals surface area contributed by atoms with Gasteiger partial charge in [-0.15, -0.1) is 0 Å². The number of hydrogen-bond donors (Lipinski definition) is 1. The average Bonchev–Trinajstić information content (AvgIpc) is 3.02. The SMILES string of the molecule is CC(=O)N1c2ccc(S(=O)(=O)N(C)CC(=O)NCc3ccc(F)cc3)cc2CC1C. The molecule has 0 bridgehead atoms. The van der Waals surface area contributed by atoms with Crippen LogP contribution in [0.2, 0.25) is 0 Å². The molecule has 2 aromatic carbocycles. The first-order chi connectivity index (χ1) is 14.1. The number of nitrogens with zero attached hydrogens (tertiary/aromatic N) is 2. The number of likely N-dealkylation sites (N-methyl/N-ethyl adjacent to an activating group) is 1. The van der Waals surface area contributed by atoms with Crippen LogP contribution in [0, 0.1) is 5.82 Å². The predicted octanol–water partition coefficient (Wildman–Crippen LogP) is 2.06. The number of halogens is 1. The first-order valence-electron chi connectivity index (χ1n) is 9.50. The maximum absolute atomic E-state index is 12.9. The van der Waals surface area contributed by atoms with Gasteiger partial charge in [-0.3, -0.25) is 9.59 Å². The van der Waals surface area contributed by atoms with Gasteiger partial charge in [0.25, 0.3) is 0 Å². The molecule has 3 rings (SSSR count). The molecule has 160 valence electrons. The second-order valence-electron chi connectivity index (χ2n) is 7.40. The van der Waals surface area contributed by atoms with Gasteiger partial charge in [0.1, 0.15) is 5.82 Å². The summed E-state index contributed by atoms with van der Waals surface area (Å²) in [7, 11) is -2.54. The summed E-state index contributed by atoms with van der Waals surface area (Å²) in [5.74, 6) is -0.930. The topological polar surface area (TPSA) is 86.8 Å². The molecule has 0 saturated carbocycles. The smallest absolute Gasteiger partial charge is 0.243 e. The molecular formula is C21H24FN3O4S. The largest absolute Gasteiger partial charge is 0.351 e. The number of anilines is 1. The summed E-state index contributed by atoms with van der Waals surface area (Å²) in [4.78, 5) is 25.8. The Balaban J connectivity index is 1.68. The van der Waals surface area contributed by atoms with Crippen LogP contribution in [0.4, 0.5) is 10.1 Å². The molecule has 1 N–H and O–H groups in total. The van der Waals surface area contributed by atoms with E-state index in [1.165, 1.54) is 32.2 Å². The van der Waals surface area contributed by atoms with E-state index >= 15 is 0 Å². The summed E-state index contributed by atoms with van der Waals surface area (Å²) in [6.07, 6.45) is 0.570. The first-order valence-corrected chi connectivity index (χ1v) is 10.9. The number of sulfonamides is 1. The van der Waals surface area contributed by atoms with Crippen LogP contribution in [0.5, 0.6) is 0 Å². The molecule has 0 saturated heterocycles. The van der Waals surface area contributed by atoms with Gasteiger partial charge in [0.15, 0.2) is 0 Å². The van der Waals surface area contributed by atoms with E-state index in [2.05, 4.69) is 5.32 Å². The Hall–Kier alpha value is -2.78. The van der Waals surface area contributed by atoms with Crippen molar-refractivity contribution in [2.75, 3.05) is 18.5 Å².